The molecule has 0 heterocycles. The summed E-state index contributed by atoms with van der Waals surface area (Å²) in [4.78, 5) is 12.8. The molecule has 4 rings (SSSR count). The predicted octanol–water partition coefficient (Wildman–Crippen LogP) is 10.3. The second-order valence-corrected chi connectivity index (χ2v) is 12.1. The highest BCUT2D eigenvalue weighted by Gasteiger charge is 2.34. The van der Waals surface area contributed by atoms with Gasteiger partial charge in [-0.15, -0.1) is 0 Å². The first-order chi connectivity index (χ1) is 22.1. The summed E-state index contributed by atoms with van der Waals surface area (Å²) in [7, 11) is 0. The lowest BCUT2D eigenvalue weighted by molar-refractivity contribution is -0.138. The zero-order valence-electron chi connectivity index (χ0n) is 25.5. The minimum Gasteiger partial charge on any atom is -0.494 e. The largest absolute Gasteiger partial charge is 0.494 e. The van der Waals surface area contributed by atoms with Crippen LogP contribution in [-0.2, 0) is 23.9 Å². The van der Waals surface area contributed by atoms with Gasteiger partial charge in [-0.1, -0.05) is 102 Å². The Morgan fingerprint density at radius 1 is 0.848 bits per heavy atom. The topological polar surface area (TPSA) is 49.8 Å². The Morgan fingerprint density at radius 2 is 1.59 bits per heavy atom. The number of hydrogen-bond donors (Lipinski definition) is 1. The second-order valence-electron chi connectivity index (χ2n) is 11.3. The van der Waals surface area contributed by atoms with Crippen molar-refractivity contribution >= 4 is 29.2 Å². The van der Waals surface area contributed by atoms with Crippen molar-refractivity contribution in [2.75, 3.05) is 19.7 Å². The zero-order valence-corrected chi connectivity index (χ0v) is 27.0. The summed E-state index contributed by atoms with van der Waals surface area (Å²) in [5, 5.41) is 9.15. The number of aryl methyl sites for hydroxylation is 1. The molecule has 0 saturated heterocycles. The van der Waals surface area contributed by atoms with E-state index in [1.165, 1.54) is 6.07 Å². The molecular weight excluding hydrogens is 634 g/mol. The summed E-state index contributed by atoms with van der Waals surface area (Å²) < 4.78 is 47.1. The van der Waals surface area contributed by atoms with Gasteiger partial charge in [0, 0.05) is 37.0 Å². The highest BCUT2D eigenvalue weighted by atomic mass is 35.5. The zero-order chi connectivity index (χ0) is 32.9. The molecule has 1 N–H and O–H groups in total. The number of nitrogens with zero attached hydrogens (tertiary/aromatic N) is 1. The summed E-state index contributed by atoms with van der Waals surface area (Å²) in [5.41, 5.74) is 2.67. The van der Waals surface area contributed by atoms with Crippen molar-refractivity contribution in [1.82, 2.24) is 4.90 Å². The van der Waals surface area contributed by atoms with E-state index in [1.54, 1.807) is 6.07 Å². The molecule has 0 fully saturated rings. The molecule has 4 aromatic rings. The molecule has 46 heavy (non-hydrogen) atoms. The van der Waals surface area contributed by atoms with Crippen LogP contribution in [-0.4, -0.2) is 35.7 Å². The molecule has 0 bridgehead atoms. The molecule has 0 aliphatic rings. The van der Waals surface area contributed by atoms with E-state index in [2.05, 4.69) is 4.90 Å². The molecule has 0 radical (unpaired) electrons. The van der Waals surface area contributed by atoms with Gasteiger partial charge in [-0.25, -0.2) is 0 Å². The lowest BCUT2D eigenvalue weighted by Gasteiger charge is -2.29. The van der Waals surface area contributed by atoms with E-state index in [4.69, 9.17) is 33.0 Å². The molecule has 0 spiro atoms. The van der Waals surface area contributed by atoms with Crippen LogP contribution in [0.25, 0.3) is 0 Å². The smallest absolute Gasteiger partial charge is 0.417 e. The van der Waals surface area contributed by atoms with Gasteiger partial charge in [-0.2, -0.15) is 13.2 Å². The van der Waals surface area contributed by atoms with Crippen LogP contribution in [0.1, 0.15) is 65.8 Å². The van der Waals surface area contributed by atoms with E-state index in [9.17, 15) is 18.0 Å². The standard InChI is InChI=1S/C37H38Cl2F3NO3/c38-34-20-8-7-18-31(34)32(28-14-4-2-5-15-28)26-43(25-29-16-10-19-33(36(29)39)37(40,41)42)22-11-23-46-30-17-9-13-27(24-30)12-3-1-6-21-35(44)45/h2,4-5,7-10,13-20,24,32H,1,3,6,11-12,21-23,25-26H2,(H,44,45). The Bertz CT molecular complexity index is 1550. The fourth-order valence-corrected chi connectivity index (χ4v) is 6.09. The maximum atomic E-state index is 13.7. The van der Waals surface area contributed by atoms with Gasteiger partial charge in [0.05, 0.1) is 17.2 Å². The highest BCUT2D eigenvalue weighted by molar-refractivity contribution is 6.32. The number of alkyl halides is 3. The summed E-state index contributed by atoms with van der Waals surface area (Å²) >= 11 is 13.0. The van der Waals surface area contributed by atoms with Crippen LogP contribution in [0.2, 0.25) is 10.0 Å². The molecule has 0 saturated carbocycles. The van der Waals surface area contributed by atoms with Crippen molar-refractivity contribution in [3.05, 3.63) is 135 Å². The second kappa shape index (κ2) is 17.4. The Kier molecular flexibility index (Phi) is 13.4. The maximum Gasteiger partial charge on any atom is 0.417 e. The lowest BCUT2D eigenvalue weighted by atomic mass is 9.90. The van der Waals surface area contributed by atoms with Crippen LogP contribution >= 0.6 is 23.2 Å². The average Bonchev–Trinajstić information content (AvgIpc) is 3.03. The third-order valence-corrected chi connectivity index (χ3v) is 8.63. The molecule has 0 aromatic heterocycles. The first-order valence-corrected chi connectivity index (χ1v) is 16.2. The summed E-state index contributed by atoms with van der Waals surface area (Å²) in [6.07, 6.45) is -0.493. The number of carbonyl (C=O) groups is 1. The molecule has 0 aliphatic carbocycles. The van der Waals surface area contributed by atoms with Gasteiger partial charge in [-0.3, -0.25) is 9.69 Å². The van der Waals surface area contributed by atoms with Crippen molar-refractivity contribution < 1.29 is 27.8 Å². The van der Waals surface area contributed by atoms with Crippen molar-refractivity contribution in [3.63, 3.8) is 0 Å². The van der Waals surface area contributed by atoms with Crippen LogP contribution in [0.15, 0.2) is 97.1 Å². The van der Waals surface area contributed by atoms with E-state index in [0.29, 0.717) is 43.1 Å². The molecule has 0 aliphatic heterocycles. The van der Waals surface area contributed by atoms with Crippen LogP contribution in [0, 0.1) is 0 Å². The predicted molar refractivity (Wildman–Crippen MR) is 178 cm³/mol. The number of hydrogen-bond acceptors (Lipinski definition) is 3. The number of carboxylic acid groups (broad SMARTS) is 1. The summed E-state index contributed by atoms with van der Waals surface area (Å²) in [6, 6.07) is 29.5. The fraction of sp³-hybridized carbons (Fsp3) is 0.324. The summed E-state index contributed by atoms with van der Waals surface area (Å²) in [5.74, 6) is -0.160. The van der Waals surface area contributed by atoms with Crippen molar-refractivity contribution in [2.45, 2.75) is 57.2 Å². The van der Waals surface area contributed by atoms with Crippen molar-refractivity contribution in [2.24, 2.45) is 0 Å². The number of carboxylic acids is 1. The molecule has 9 heteroatoms. The molecule has 4 nitrogen and oxygen atoms in total. The minimum absolute atomic E-state index is 0.132. The van der Waals surface area contributed by atoms with Gasteiger partial charge in [0.2, 0.25) is 0 Å². The number of unbranched alkanes of at least 4 members (excludes halogenated alkanes) is 2. The average molecular weight is 673 g/mol. The number of benzene rings is 4. The molecular formula is C37H38Cl2F3NO3. The van der Waals surface area contributed by atoms with Gasteiger partial charge in [0.25, 0.3) is 0 Å². The Morgan fingerprint density at radius 3 is 2.33 bits per heavy atom. The maximum absolute atomic E-state index is 13.7. The number of aliphatic carboxylic acids is 1. The van der Waals surface area contributed by atoms with Crippen LogP contribution in [0.5, 0.6) is 5.75 Å². The van der Waals surface area contributed by atoms with E-state index >= 15 is 0 Å². The van der Waals surface area contributed by atoms with E-state index in [-0.39, 0.29) is 23.9 Å². The first-order valence-electron chi connectivity index (χ1n) is 15.4. The van der Waals surface area contributed by atoms with Gasteiger partial charge in [0.15, 0.2) is 0 Å². The lowest BCUT2D eigenvalue weighted by Crippen LogP contribution is -2.31. The van der Waals surface area contributed by atoms with E-state index < -0.39 is 17.7 Å². The Labute approximate surface area is 278 Å². The normalized spacial score (nSPS) is 12.3. The fourth-order valence-electron chi connectivity index (χ4n) is 5.53. The molecule has 1 unspecified atom stereocenters. The SMILES string of the molecule is O=C(O)CCCCCc1cccc(OCCCN(Cc2cccc(C(F)(F)F)c2Cl)CC(c2ccccc2)c2ccccc2Cl)c1. The number of ether oxygens (including phenoxy) is 1. The third-order valence-electron chi connectivity index (χ3n) is 7.84. The number of halogens is 5. The first kappa shape index (κ1) is 35.3. The molecule has 1 atom stereocenters. The highest BCUT2D eigenvalue weighted by Crippen LogP contribution is 2.37. The van der Waals surface area contributed by atoms with Crippen molar-refractivity contribution in [1.29, 1.82) is 0 Å². The quantitative estimate of drug-likeness (QED) is 0.114. The minimum atomic E-state index is -4.55. The van der Waals surface area contributed by atoms with Crippen LogP contribution < -0.4 is 4.74 Å². The Balaban J connectivity index is 1.48. The van der Waals surface area contributed by atoms with Gasteiger partial charge >= 0.3 is 12.1 Å². The summed E-state index contributed by atoms with van der Waals surface area (Å²) in [6.45, 7) is 1.67. The van der Waals surface area contributed by atoms with Gasteiger partial charge in [0.1, 0.15) is 5.75 Å². The number of rotatable bonds is 17. The van der Waals surface area contributed by atoms with Crippen LogP contribution in [0.4, 0.5) is 13.2 Å². The van der Waals surface area contributed by atoms with Gasteiger partial charge in [-0.05, 0) is 72.2 Å². The van der Waals surface area contributed by atoms with Gasteiger partial charge < -0.3 is 9.84 Å². The molecule has 244 valence electrons. The monoisotopic (exact) mass is 671 g/mol. The van der Waals surface area contributed by atoms with E-state index in [1.807, 2.05) is 78.9 Å². The van der Waals surface area contributed by atoms with Crippen molar-refractivity contribution in [3.8, 4) is 5.75 Å². The van der Waals surface area contributed by atoms with E-state index in [0.717, 1.165) is 47.8 Å². The Hall–Kier alpha value is -3.52. The third kappa shape index (κ3) is 10.8. The molecule has 0 amide bonds. The molecule has 4 aromatic carbocycles. The van der Waals surface area contributed by atoms with Crippen LogP contribution in [0.3, 0.4) is 0 Å².